The molecule has 0 aliphatic heterocycles. The average Bonchev–Trinajstić information content (AvgIpc) is 2.80. The monoisotopic (exact) mass is 352 g/mol. The molecule has 0 fully saturated rings. The number of nitrogens with two attached hydrogens (primary N) is 1. The van der Waals surface area contributed by atoms with Crippen LogP contribution in [0, 0.1) is 6.92 Å². The maximum atomic E-state index is 5.90. The number of hydrogen-bond acceptors (Lipinski definition) is 5. The Morgan fingerprint density at radius 3 is 2.68 bits per heavy atom. The van der Waals surface area contributed by atoms with E-state index in [0.717, 1.165) is 21.1 Å². The normalized spacial score (nSPS) is 12.5. The highest BCUT2D eigenvalue weighted by Crippen LogP contribution is 2.27. The largest absolute Gasteiger partial charge is 0.377 e. The standard InChI is InChI=1S/C15H17ClN4S2/c1-9(2)21-15(17)20-18-8-13-10(3)19-14(22-13)11-4-6-12(16)7-5-11/h4-9H,1-3H3,(H2,17,20)/b18-8+. The average molecular weight is 353 g/mol. The second kappa shape index (κ2) is 7.76. The van der Waals surface area contributed by atoms with E-state index in [0.29, 0.717) is 15.4 Å². The molecule has 116 valence electrons. The molecule has 2 N–H and O–H groups in total. The van der Waals surface area contributed by atoms with Crippen LogP contribution in [-0.4, -0.2) is 21.6 Å². The minimum Gasteiger partial charge on any atom is -0.377 e. The molecule has 0 bridgehead atoms. The maximum absolute atomic E-state index is 5.90. The SMILES string of the molecule is Cc1nc(-c2ccc(Cl)cc2)sc1/C=N/N=C(\N)SC(C)C. The minimum atomic E-state index is 0.389. The van der Waals surface area contributed by atoms with Gasteiger partial charge in [-0.2, -0.15) is 5.10 Å². The van der Waals surface area contributed by atoms with E-state index in [1.807, 2.05) is 31.2 Å². The highest BCUT2D eigenvalue weighted by Gasteiger charge is 2.08. The Bertz CT molecular complexity index is 690. The minimum absolute atomic E-state index is 0.389. The van der Waals surface area contributed by atoms with Crippen LogP contribution in [0.3, 0.4) is 0 Å². The molecule has 0 radical (unpaired) electrons. The van der Waals surface area contributed by atoms with E-state index in [1.54, 1.807) is 17.6 Å². The highest BCUT2D eigenvalue weighted by molar-refractivity contribution is 8.14. The van der Waals surface area contributed by atoms with Gasteiger partial charge in [-0.3, -0.25) is 0 Å². The quantitative estimate of drug-likeness (QED) is 0.498. The summed E-state index contributed by atoms with van der Waals surface area (Å²) in [5.74, 6) is 0. The van der Waals surface area contributed by atoms with E-state index >= 15 is 0 Å². The van der Waals surface area contributed by atoms with Crippen LogP contribution in [0.15, 0.2) is 34.5 Å². The lowest BCUT2D eigenvalue weighted by Gasteiger charge is -2.00. The lowest BCUT2D eigenvalue weighted by Crippen LogP contribution is -2.09. The summed E-state index contributed by atoms with van der Waals surface area (Å²) in [4.78, 5) is 5.52. The van der Waals surface area contributed by atoms with Gasteiger partial charge in [-0.15, -0.1) is 16.4 Å². The van der Waals surface area contributed by atoms with Crippen molar-refractivity contribution in [3.63, 3.8) is 0 Å². The third-order valence-electron chi connectivity index (χ3n) is 2.61. The van der Waals surface area contributed by atoms with Crippen molar-refractivity contribution < 1.29 is 0 Å². The zero-order valence-corrected chi connectivity index (χ0v) is 15.0. The van der Waals surface area contributed by atoms with Crippen LogP contribution < -0.4 is 5.73 Å². The topological polar surface area (TPSA) is 63.6 Å². The molecule has 0 atom stereocenters. The molecular weight excluding hydrogens is 336 g/mol. The molecule has 0 unspecified atom stereocenters. The van der Waals surface area contributed by atoms with Crippen molar-refractivity contribution in [1.82, 2.24) is 4.98 Å². The molecule has 0 amide bonds. The molecule has 1 aromatic carbocycles. The molecule has 0 saturated heterocycles. The lowest BCUT2D eigenvalue weighted by atomic mass is 10.2. The van der Waals surface area contributed by atoms with E-state index in [1.165, 1.54) is 11.8 Å². The fourth-order valence-electron chi connectivity index (χ4n) is 1.65. The first kappa shape index (κ1) is 17.0. The number of amidine groups is 1. The summed E-state index contributed by atoms with van der Waals surface area (Å²) in [6.07, 6.45) is 1.69. The Labute approximate surface area is 143 Å². The number of rotatable bonds is 4. The predicted octanol–water partition coefficient (Wildman–Crippen LogP) is 4.56. The second-order valence-corrected chi connectivity index (χ2v) is 7.89. The van der Waals surface area contributed by atoms with Gasteiger partial charge in [-0.05, 0) is 19.1 Å². The molecule has 2 aromatic rings. The molecule has 1 aromatic heterocycles. The summed E-state index contributed by atoms with van der Waals surface area (Å²) in [6, 6.07) is 7.62. The fourth-order valence-corrected chi connectivity index (χ4v) is 3.29. The first-order valence-corrected chi connectivity index (χ1v) is 8.79. The Morgan fingerprint density at radius 2 is 2.05 bits per heavy atom. The van der Waals surface area contributed by atoms with Crippen molar-refractivity contribution >= 4 is 46.1 Å². The third-order valence-corrected chi connectivity index (χ3v) is 4.80. The lowest BCUT2D eigenvalue weighted by molar-refractivity contribution is 1.12. The summed E-state index contributed by atoms with van der Waals surface area (Å²) in [5, 5.41) is 10.5. The van der Waals surface area contributed by atoms with Gasteiger partial charge < -0.3 is 5.73 Å². The van der Waals surface area contributed by atoms with Gasteiger partial charge in [0.25, 0.3) is 0 Å². The molecule has 4 nitrogen and oxygen atoms in total. The first-order chi connectivity index (χ1) is 10.5. The van der Waals surface area contributed by atoms with Gasteiger partial charge in [0.1, 0.15) is 5.01 Å². The molecule has 0 saturated carbocycles. The van der Waals surface area contributed by atoms with Crippen LogP contribution >= 0.6 is 34.7 Å². The molecule has 22 heavy (non-hydrogen) atoms. The third kappa shape index (κ3) is 4.83. The zero-order chi connectivity index (χ0) is 16.1. The molecule has 7 heteroatoms. The number of nitrogens with zero attached hydrogens (tertiary/aromatic N) is 3. The fraction of sp³-hybridized carbons (Fsp3) is 0.267. The van der Waals surface area contributed by atoms with Gasteiger partial charge in [0.05, 0.1) is 16.8 Å². The van der Waals surface area contributed by atoms with Gasteiger partial charge >= 0.3 is 0 Å². The Kier molecular flexibility index (Phi) is 5.99. The number of thiazole rings is 1. The number of halogens is 1. The molecule has 2 rings (SSSR count). The maximum Gasteiger partial charge on any atom is 0.180 e. The summed E-state index contributed by atoms with van der Waals surface area (Å²) in [5.41, 5.74) is 7.72. The molecule has 0 aliphatic rings. The smallest absolute Gasteiger partial charge is 0.180 e. The Balaban J connectivity index is 2.15. The van der Waals surface area contributed by atoms with E-state index in [4.69, 9.17) is 17.3 Å². The number of hydrogen-bond donors (Lipinski definition) is 1. The van der Waals surface area contributed by atoms with Crippen LogP contribution in [-0.2, 0) is 0 Å². The van der Waals surface area contributed by atoms with Crippen LogP contribution in [0.5, 0.6) is 0 Å². The van der Waals surface area contributed by atoms with Crippen LogP contribution in [0.2, 0.25) is 5.02 Å². The zero-order valence-electron chi connectivity index (χ0n) is 12.6. The summed E-state index contributed by atoms with van der Waals surface area (Å²) >= 11 is 8.95. The van der Waals surface area contributed by atoms with Crippen molar-refractivity contribution in [3.05, 3.63) is 39.9 Å². The van der Waals surface area contributed by atoms with Gasteiger partial charge in [-0.25, -0.2) is 4.98 Å². The molecular formula is C15H17ClN4S2. The van der Waals surface area contributed by atoms with Crippen molar-refractivity contribution in [1.29, 1.82) is 0 Å². The molecule has 1 heterocycles. The van der Waals surface area contributed by atoms with E-state index in [2.05, 4.69) is 29.0 Å². The Hall–Kier alpha value is -1.37. The summed E-state index contributed by atoms with van der Waals surface area (Å²) in [7, 11) is 0. The summed E-state index contributed by atoms with van der Waals surface area (Å²) in [6.45, 7) is 6.07. The van der Waals surface area contributed by atoms with Crippen molar-refractivity contribution in [3.8, 4) is 10.6 Å². The van der Waals surface area contributed by atoms with Crippen molar-refractivity contribution in [2.45, 2.75) is 26.0 Å². The first-order valence-electron chi connectivity index (χ1n) is 6.72. The van der Waals surface area contributed by atoms with E-state index < -0.39 is 0 Å². The number of benzene rings is 1. The predicted molar refractivity (Wildman–Crippen MR) is 99.2 cm³/mol. The van der Waals surface area contributed by atoms with Gasteiger partial charge in [0, 0.05) is 15.8 Å². The Morgan fingerprint density at radius 1 is 1.36 bits per heavy atom. The highest BCUT2D eigenvalue weighted by atomic mass is 35.5. The number of aromatic nitrogens is 1. The van der Waals surface area contributed by atoms with Crippen LogP contribution in [0.25, 0.3) is 10.6 Å². The van der Waals surface area contributed by atoms with Crippen LogP contribution in [0.1, 0.15) is 24.4 Å². The van der Waals surface area contributed by atoms with Gasteiger partial charge in [-0.1, -0.05) is 49.3 Å². The van der Waals surface area contributed by atoms with E-state index in [-0.39, 0.29) is 0 Å². The van der Waals surface area contributed by atoms with Crippen molar-refractivity contribution in [2.75, 3.05) is 0 Å². The molecule has 0 spiro atoms. The number of aryl methyl sites for hydroxylation is 1. The van der Waals surface area contributed by atoms with Gasteiger partial charge in [0.2, 0.25) is 0 Å². The summed E-state index contributed by atoms with van der Waals surface area (Å²) < 4.78 is 0. The van der Waals surface area contributed by atoms with Crippen molar-refractivity contribution in [2.24, 2.45) is 15.9 Å². The number of thioether (sulfide) groups is 1. The molecule has 0 aliphatic carbocycles. The van der Waals surface area contributed by atoms with E-state index in [9.17, 15) is 0 Å². The van der Waals surface area contributed by atoms with Crippen LogP contribution in [0.4, 0.5) is 0 Å². The van der Waals surface area contributed by atoms with Gasteiger partial charge in [0.15, 0.2) is 5.17 Å². The second-order valence-electron chi connectivity index (χ2n) is 4.82.